The van der Waals surface area contributed by atoms with Crippen molar-refractivity contribution in [2.24, 2.45) is 0 Å². The summed E-state index contributed by atoms with van der Waals surface area (Å²) < 4.78 is 28.3. The quantitative estimate of drug-likeness (QED) is 0.621. The number of rotatable bonds is 5. The lowest BCUT2D eigenvalue weighted by atomic mass is 10.4. The first kappa shape index (κ1) is 13.5. The van der Waals surface area contributed by atoms with E-state index in [1.54, 1.807) is 36.4 Å². The first-order valence-corrected chi connectivity index (χ1v) is 8.55. The summed E-state index contributed by atoms with van der Waals surface area (Å²) in [6.45, 7) is 0. The fraction of sp³-hybridized carbons (Fsp3) is 0. The van der Waals surface area contributed by atoms with Gasteiger partial charge in [0.1, 0.15) is 0 Å². The molecule has 0 aliphatic carbocycles. The van der Waals surface area contributed by atoms with Crippen molar-refractivity contribution < 1.29 is 12.0 Å². The first-order valence-electron chi connectivity index (χ1n) is 5.06. The SMILES string of the molecule is O=S(=O)(OSc1ccccc1)Sc1ccccc1. The van der Waals surface area contributed by atoms with E-state index in [1.165, 1.54) is 0 Å². The molecule has 0 N–H and O–H groups in total. The van der Waals surface area contributed by atoms with Crippen LogP contribution in [0.2, 0.25) is 0 Å². The Bertz CT molecular complexity index is 582. The minimum atomic E-state index is -3.65. The van der Waals surface area contributed by atoms with Gasteiger partial charge in [-0.3, -0.25) is 0 Å². The molecule has 0 spiro atoms. The molecule has 0 bridgehead atoms. The van der Waals surface area contributed by atoms with Crippen molar-refractivity contribution in [3.05, 3.63) is 60.7 Å². The van der Waals surface area contributed by atoms with Gasteiger partial charge in [-0.1, -0.05) is 36.4 Å². The maximum atomic E-state index is 11.7. The summed E-state index contributed by atoms with van der Waals surface area (Å²) in [5.74, 6) is 0. The van der Waals surface area contributed by atoms with Gasteiger partial charge in [-0.05, 0) is 24.3 Å². The molecule has 0 radical (unpaired) electrons. The normalized spacial score (nSPS) is 11.3. The molecule has 0 unspecified atom stereocenters. The van der Waals surface area contributed by atoms with Gasteiger partial charge < -0.3 is 0 Å². The van der Waals surface area contributed by atoms with Crippen LogP contribution in [0.5, 0.6) is 0 Å². The second-order valence-corrected chi connectivity index (χ2v) is 7.63. The van der Waals surface area contributed by atoms with Gasteiger partial charge in [0, 0.05) is 20.6 Å². The highest BCUT2D eigenvalue weighted by molar-refractivity contribution is 8.71. The van der Waals surface area contributed by atoms with E-state index in [0.29, 0.717) is 15.7 Å². The van der Waals surface area contributed by atoms with E-state index in [9.17, 15) is 8.42 Å². The van der Waals surface area contributed by atoms with Gasteiger partial charge in [-0.15, -0.1) is 0 Å². The fourth-order valence-corrected chi connectivity index (χ4v) is 4.24. The molecule has 2 aromatic rings. The molecule has 3 nitrogen and oxygen atoms in total. The van der Waals surface area contributed by atoms with E-state index >= 15 is 0 Å². The highest BCUT2D eigenvalue weighted by atomic mass is 33.2. The minimum absolute atomic E-state index is 0.631. The van der Waals surface area contributed by atoms with Gasteiger partial charge in [0.25, 0.3) is 0 Å². The largest absolute Gasteiger partial charge is 0.337 e. The molecule has 0 saturated heterocycles. The Morgan fingerprint density at radius 1 is 0.778 bits per heavy atom. The summed E-state index contributed by atoms with van der Waals surface area (Å²) in [5, 5.41) is 0. The van der Waals surface area contributed by atoms with E-state index in [4.69, 9.17) is 3.63 Å². The van der Waals surface area contributed by atoms with Gasteiger partial charge in [-0.2, -0.15) is 12.0 Å². The average Bonchev–Trinajstić information content (AvgIpc) is 2.38. The molecule has 0 saturated carbocycles. The van der Waals surface area contributed by atoms with E-state index in [0.717, 1.165) is 16.9 Å². The van der Waals surface area contributed by atoms with E-state index in [-0.39, 0.29) is 0 Å². The van der Waals surface area contributed by atoms with E-state index in [1.807, 2.05) is 24.3 Å². The number of hydrogen-bond donors (Lipinski definition) is 0. The summed E-state index contributed by atoms with van der Waals surface area (Å²) in [6.07, 6.45) is 0. The highest BCUT2D eigenvalue weighted by Crippen LogP contribution is 2.31. The monoisotopic (exact) mass is 298 g/mol. The molecule has 0 aliphatic heterocycles. The van der Waals surface area contributed by atoms with Gasteiger partial charge in [0.15, 0.2) is 0 Å². The van der Waals surface area contributed by atoms with Crippen molar-refractivity contribution in [2.45, 2.75) is 9.79 Å². The molecule has 0 atom stereocenters. The van der Waals surface area contributed by atoms with E-state index in [2.05, 4.69) is 0 Å². The second-order valence-electron chi connectivity index (χ2n) is 3.27. The summed E-state index contributed by atoms with van der Waals surface area (Å²) >= 11 is 0.838. The molecule has 6 heteroatoms. The van der Waals surface area contributed by atoms with Gasteiger partial charge in [-0.25, -0.2) is 0 Å². The average molecular weight is 298 g/mol. The minimum Gasteiger partial charge on any atom is -0.186 e. The van der Waals surface area contributed by atoms with Crippen molar-refractivity contribution in [2.75, 3.05) is 0 Å². The van der Waals surface area contributed by atoms with Crippen molar-refractivity contribution >= 4 is 32.0 Å². The molecule has 18 heavy (non-hydrogen) atoms. The lowest BCUT2D eigenvalue weighted by Crippen LogP contribution is -1.93. The van der Waals surface area contributed by atoms with Crippen LogP contribution in [0, 0.1) is 0 Å². The summed E-state index contributed by atoms with van der Waals surface area (Å²) in [4.78, 5) is 1.38. The third kappa shape index (κ3) is 4.38. The third-order valence-electron chi connectivity index (χ3n) is 1.90. The van der Waals surface area contributed by atoms with Crippen LogP contribution < -0.4 is 0 Å². The summed E-state index contributed by atoms with van der Waals surface area (Å²) in [7, 11) is -2.96. The predicted octanol–water partition coefficient (Wildman–Crippen LogP) is 3.75. The molecular weight excluding hydrogens is 288 g/mol. The van der Waals surface area contributed by atoms with Crippen LogP contribution in [0.25, 0.3) is 0 Å². The highest BCUT2D eigenvalue weighted by Gasteiger charge is 2.14. The van der Waals surface area contributed by atoms with Crippen molar-refractivity contribution in [1.29, 1.82) is 0 Å². The number of hydrogen-bond acceptors (Lipinski definition) is 5. The van der Waals surface area contributed by atoms with Gasteiger partial charge in [0.2, 0.25) is 0 Å². The van der Waals surface area contributed by atoms with Crippen LogP contribution in [-0.4, -0.2) is 8.42 Å². The standard InChI is InChI=1S/C12H10O3S3/c13-18(14,17-12-9-5-2-6-10-12)15-16-11-7-3-1-4-8-11/h1-10H. The smallest absolute Gasteiger partial charge is 0.186 e. The van der Waals surface area contributed by atoms with Crippen LogP contribution in [0.4, 0.5) is 0 Å². The van der Waals surface area contributed by atoms with Crippen molar-refractivity contribution in [1.82, 2.24) is 0 Å². The molecule has 0 aromatic heterocycles. The number of benzene rings is 2. The Hall–Kier alpha value is -0.950. The molecule has 2 aromatic carbocycles. The van der Waals surface area contributed by atoms with E-state index < -0.39 is 9.15 Å². The second kappa shape index (κ2) is 6.29. The Labute approximate surface area is 114 Å². The first-order chi connectivity index (χ1) is 8.66. The molecule has 0 heterocycles. The van der Waals surface area contributed by atoms with Crippen molar-refractivity contribution in [3.63, 3.8) is 0 Å². The molecule has 2 rings (SSSR count). The van der Waals surface area contributed by atoms with Crippen LogP contribution in [-0.2, 0) is 12.8 Å². The molecule has 0 amide bonds. The van der Waals surface area contributed by atoms with Gasteiger partial charge >= 0.3 is 9.15 Å². The Morgan fingerprint density at radius 3 is 1.83 bits per heavy atom. The summed E-state index contributed by atoms with van der Waals surface area (Å²) in [5.41, 5.74) is 0. The lowest BCUT2D eigenvalue weighted by molar-refractivity contribution is 0.537. The fourth-order valence-electron chi connectivity index (χ4n) is 1.16. The Kier molecular flexibility index (Phi) is 4.71. The zero-order chi connectivity index (χ0) is 12.8. The van der Waals surface area contributed by atoms with Crippen LogP contribution in [0.3, 0.4) is 0 Å². The molecule has 0 fully saturated rings. The molecule has 0 aliphatic rings. The van der Waals surface area contributed by atoms with Crippen molar-refractivity contribution in [3.8, 4) is 0 Å². The topological polar surface area (TPSA) is 43.4 Å². The molecule has 94 valence electrons. The van der Waals surface area contributed by atoms with Crippen LogP contribution >= 0.6 is 22.8 Å². The zero-order valence-corrected chi connectivity index (χ0v) is 11.7. The summed E-state index contributed by atoms with van der Waals surface area (Å²) in [6, 6.07) is 17.9. The lowest BCUT2D eigenvalue weighted by Gasteiger charge is -2.03. The van der Waals surface area contributed by atoms with Crippen LogP contribution in [0.15, 0.2) is 70.5 Å². The third-order valence-corrected chi connectivity index (χ3v) is 5.66. The Morgan fingerprint density at radius 2 is 1.28 bits per heavy atom. The molecular formula is C12H10O3S3. The maximum Gasteiger partial charge on any atom is 0.337 e. The van der Waals surface area contributed by atoms with Gasteiger partial charge in [0.05, 0.1) is 12.0 Å². The Balaban J connectivity index is 1.96. The zero-order valence-electron chi connectivity index (χ0n) is 9.22. The van der Waals surface area contributed by atoms with Crippen LogP contribution in [0.1, 0.15) is 0 Å². The maximum absolute atomic E-state index is 11.7. The predicted molar refractivity (Wildman–Crippen MR) is 74.6 cm³/mol.